The van der Waals surface area contributed by atoms with Gasteiger partial charge in [-0.2, -0.15) is 13.2 Å². The molecular weight excluding hydrogens is 311 g/mol. The Kier molecular flexibility index (Phi) is 4.20. The van der Waals surface area contributed by atoms with Crippen LogP contribution in [0.15, 0.2) is 29.8 Å². The highest BCUT2D eigenvalue weighted by molar-refractivity contribution is 7.09. The lowest BCUT2D eigenvalue weighted by atomic mass is 9.99. The molecule has 0 saturated carbocycles. The molecule has 2 heterocycles. The van der Waals surface area contributed by atoms with Gasteiger partial charge < -0.3 is 5.73 Å². The summed E-state index contributed by atoms with van der Waals surface area (Å²) in [5.41, 5.74) is 6.34. The van der Waals surface area contributed by atoms with Crippen LogP contribution in [0.2, 0.25) is 0 Å². The molecule has 1 unspecified atom stereocenters. The van der Waals surface area contributed by atoms with Gasteiger partial charge in [0, 0.05) is 43.7 Å². The van der Waals surface area contributed by atoms with Gasteiger partial charge in [-0.15, -0.1) is 11.3 Å². The van der Waals surface area contributed by atoms with Crippen molar-refractivity contribution in [3.8, 4) is 0 Å². The van der Waals surface area contributed by atoms with Crippen molar-refractivity contribution >= 4 is 11.3 Å². The molecule has 22 heavy (non-hydrogen) atoms. The molecule has 1 aliphatic heterocycles. The number of hydrogen-bond acceptors (Lipinski definition) is 4. The van der Waals surface area contributed by atoms with Gasteiger partial charge in [-0.1, -0.05) is 12.1 Å². The Hall–Kier alpha value is -1.44. The van der Waals surface area contributed by atoms with Gasteiger partial charge in [0.2, 0.25) is 0 Å². The molecule has 1 atom stereocenters. The average molecular weight is 327 g/mol. The minimum Gasteiger partial charge on any atom is -0.329 e. The van der Waals surface area contributed by atoms with Gasteiger partial charge in [-0.3, -0.25) is 4.90 Å². The largest absolute Gasteiger partial charge is 0.416 e. The van der Waals surface area contributed by atoms with Crippen LogP contribution in [0.3, 0.4) is 0 Å². The highest BCUT2D eigenvalue weighted by Gasteiger charge is 2.39. The lowest BCUT2D eigenvalue weighted by Gasteiger charge is -2.23. The third kappa shape index (κ3) is 2.88. The van der Waals surface area contributed by atoms with Crippen LogP contribution in [0.25, 0.3) is 0 Å². The van der Waals surface area contributed by atoms with Gasteiger partial charge in [0.25, 0.3) is 0 Å². The minimum atomic E-state index is -4.32. The molecule has 0 saturated heterocycles. The summed E-state index contributed by atoms with van der Waals surface area (Å²) < 4.78 is 39.5. The van der Waals surface area contributed by atoms with Crippen LogP contribution in [-0.4, -0.2) is 23.0 Å². The predicted octanol–water partition coefficient (Wildman–Crippen LogP) is 3.22. The van der Waals surface area contributed by atoms with Crippen LogP contribution < -0.4 is 5.73 Å². The van der Waals surface area contributed by atoms with Crippen molar-refractivity contribution in [2.75, 3.05) is 13.1 Å². The van der Waals surface area contributed by atoms with Crippen molar-refractivity contribution in [2.24, 2.45) is 5.73 Å². The summed E-state index contributed by atoms with van der Waals surface area (Å²) in [5, 5.41) is 2.89. The molecular formula is C15H16F3N3S. The lowest BCUT2D eigenvalue weighted by Crippen LogP contribution is -2.29. The van der Waals surface area contributed by atoms with E-state index in [0.29, 0.717) is 24.2 Å². The fourth-order valence-corrected chi connectivity index (χ4v) is 3.61. The third-order valence-corrected chi connectivity index (χ3v) is 4.84. The molecule has 3 nitrogen and oxygen atoms in total. The maximum Gasteiger partial charge on any atom is 0.416 e. The van der Waals surface area contributed by atoms with Crippen molar-refractivity contribution in [3.63, 3.8) is 0 Å². The smallest absolute Gasteiger partial charge is 0.329 e. The number of nitrogens with zero attached hydrogens (tertiary/aromatic N) is 2. The zero-order valence-electron chi connectivity index (χ0n) is 11.8. The molecule has 1 aromatic carbocycles. The second kappa shape index (κ2) is 5.98. The summed E-state index contributed by atoms with van der Waals surface area (Å²) in [7, 11) is 0. The topological polar surface area (TPSA) is 42.1 Å². The van der Waals surface area contributed by atoms with E-state index in [0.717, 1.165) is 17.5 Å². The quantitative estimate of drug-likeness (QED) is 0.937. The van der Waals surface area contributed by atoms with Crippen LogP contribution in [0.1, 0.15) is 27.7 Å². The Bertz CT molecular complexity index is 640. The van der Waals surface area contributed by atoms with E-state index in [1.54, 1.807) is 23.6 Å². The molecule has 3 rings (SSSR count). The van der Waals surface area contributed by atoms with E-state index in [-0.39, 0.29) is 12.6 Å². The van der Waals surface area contributed by atoms with E-state index >= 15 is 0 Å². The fourth-order valence-electron chi connectivity index (χ4n) is 3.00. The lowest BCUT2D eigenvalue weighted by molar-refractivity contribution is -0.138. The molecule has 0 spiro atoms. The maximum absolute atomic E-state index is 13.2. The molecule has 7 heteroatoms. The van der Waals surface area contributed by atoms with Crippen LogP contribution in [0.4, 0.5) is 13.2 Å². The molecule has 0 radical (unpaired) electrons. The Labute approximate surface area is 130 Å². The van der Waals surface area contributed by atoms with Gasteiger partial charge in [-0.25, -0.2) is 4.98 Å². The van der Waals surface area contributed by atoms with E-state index < -0.39 is 11.7 Å². The number of thiazole rings is 1. The van der Waals surface area contributed by atoms with Crippen LogP contribution in [0.5, 0.6) is 0 Å². The zero-order chi connectivity index (χ0) is 15.7. The Morgan fingerprint density at radius 2 is 2.18 bits per heavy atom. The number of fused-ring (bicyclic) bond motifs is 1. The Balaban J connectivity index is 1.84. The van der Waals surface area contributed by atoms with Crippen LogP contribution in [-0.2, 0) is 19.1 Å². The first-order chi connectivity index (χ1) is 10.5. The summed E-state index contributed by atoms with van der Waals surface area (Å²) in [5.74, 6) is 0. The van der Waals surface area contributed by atoms with E-state index in [2.05, 4.69) is 4.98 Å². The normalized spacial score (nSPS) is 18.6. The number of nitrogens with two attached hydrogens (primary N) is 1. The monoisotopic (exact) mass is 327 g/mol. The summed E-state index contributed by atoms with van der Waals surface area (Å²) in [4.78, 5) is 6.23. The Morgan fingerprint density at radius 1 is 1.36 bits per heavy atom. The first kappa shape index (κ1) is 15.5. The van der Waals surface area contributed by atoms with E-state index in [9.17, 15) is 13.2 Å². The van der Waals surface area contributed by atoms with Gasteiger partial charge in [0.1, 0.15) is 0 Å². The molecule has 0 bridgehead atoms. The molecule has 1 aromatic heterocycles. The highest BCUT2D eigenvalue weighted by atomic mass is 32.1. The van der Waals surface area contributed by atoms with E-state index in [1.165, 1.54) is 6.07 Å². The number of halogens is 3. The number of aromatic nitrogens is 1. The van der Waals surface area contributed by atoms with Gasteiger partial charge in [0.15, 0.2) is 0 Å². The summed E-state index contributed by atoms with van der Waals surface area (Å²) >= 11 is 1.56. The van der Waals surface area contributed by atoms with E-state index in [4.69, 9.17) is 5.73 Å². The van der Waals surface area contributed by atoms with Crippen molar-refractivity contribution in [1.29, 1.82) is 0 Å². The van der Waals surface area contributed by atoms with Crippen molar-refractivity contribution in [1.82, 2.24) is 9.88 Å². The standard InChI is InChI=1S/C15H16F3N3S/c16-15(17,18)12-3-1-2-10-11(12)9-21(13(10)8-19)6-4-14-20-5-7-22-14/h1-3,5,7,13H,4,6,8-9,19H2. The second-order valence-corrected chi connectivity index (χ2v) is 6.25. The molecule has 0 aliphatic carbocycles. The number of rotatable bonds is 4. The van der Waals surface area contributed by atoms with Crippen molar-refractivity contribution in [2.45, 2.75) is 25.2 Å². The highest BCUT2D eigenvalue weighted by Crippen LogP contribution is 2.41. The Morgan fingerprint density at radius 3 is 2.82 bits per heavy atom. The number of alkyl halides is 3. The summed E-state index contributed by atoms with van der Waals surface area (Å²) in [6, 6.07) is 4.22. The predicted molar refractivity (Wildman–Crippen MR) is 79.5 cm³/mol. The van der Waals surface area contributed by atoms with Gasteiger partial charge in [0.05, 0.1) is 10.6 Å². The summed E-state index contributed by atoms with van der Waals surface area (Å²) in [6.45, 7) is 1.26. The molecule has 2 aromatic rings. The van der Waals surface area contributed by atoms with Crippen LogP contribution >= 0.6 is 11.3 Å². The average Bonchev–Trinajstić information content (AvgIpc) is 3.10. The molecule has 1 aliphatic rings. The van der Waals surface area contributed by atoms with Crippen LogP contribution in [0, 0.1) is 0 Å². The molecule has 0 amide bonds. The number of hydrogen-bond donors (Lipinski definition) is 1. The van der Waals surface area contributed by atoms with Crippen molar-refractivity contribution < 1.29 is 13.2 Å². The molecule has 0 fully saturated rings. The molecule has 118 valence electrons. The SMILES string of the molecule is NCC1c2cccc(C(F)(F)F)c2CN1CCc1nccs1. The second-order valence-electron chi connectivity index (χ2n) is 5.27. The van der Waals surface area contributed by atoms with E-state index in [1.807, 2.05) is 10.3 Å². The van der Waals surface area contributed by atoms with Gasteiger partial charge in [-0.05, 0) is 17.2 Å². The number of benzene rings is 1. The third-order valence-electron chi connectivity index (χ3n) is 4.00. The van der Waals surface area contributed by atoms with Gasteiger partial charge >= 0.3 is 6.18 Å². The first-order valence-electron chi connectivity index (χ1n) is 7.02. The minimum absolute atomic E-state index is 0.155. The maximum atomic E-state index is 13.2. The van der Waals surface area contributed by atoms with Crippen molar-refractivity contribution in [3.05, 3.63) is 51.5 Å². The zero-order valence-corrected chi connectivity index (χ0v) is 12.6. The molecule has 2 N–H and O–H groups in total. The fraction of sp³-hybridized carbons (Fsp3) is 0.400. The first-order valence-corrected chi connectivity index (χ1v) is 7.90. The summed E-state index contributed by atoms with van der Waals surface area (Å²) in [6.07, 6.45) is -1.86.